The molecule has 6 nitrogen and oxygen atoms in total. The van der Waals surface area contributed by atoms with E-state index in [9.17, 15) is 10.1 Å². The van der Waals surface area contributed by atoms with E-state index in [0.29, 0.717) is 0 Å². The van der Waals surface area contributed by atoms with Crippen molar-refractivity contribution in [2.24, 2.45) is 0 Å². The molecule has 0 N–H and O–H groups in total. The van der Waals surface area contributed by atoms with Crippen LogP contribution in [0.4, 0.5) is 5.69 Å². The van der Waals surface area contributed by atoms with Crippen molar-refractivity contribution in [2.45, 2.75) is 5.88 Å². The molecule has 0 aliphatic rings. The van der Waals surface area contributed by atoms with Gasteiger partial charge in [-0.25, -0.2) is 0 Å². The Hall–Kier alpha value is -1.95. The highest BCUT2D eigenvalue weighted by atomic mass is 35.5. The molecule has 2 rings (SSSR count). The Bertz CT molecular complexity index is 526. The molecule has 0 aliphatic carbocycles. The van der Waals surface area contributed by atoms with Crippen LogP contribution in [0.15, 0.2) is 28.7 Å². The first-order chi connectivity index (χ1) is 7.72. The van der Waals surface area contributed by atoms with E-state index in [1.807, 2.05) is 0 Å². The van der Waals surface area contributed by atoms with Crippen molar-refractivity contribution >= 4 is 17.3 Å². The number of halogens is 1. The van der Waals surface area contributed by atoms with Crippen LogP contribution >= 0.6 is 11.6 Å². The van der Waals surface area contributed by atoms with Gasteiger partial charge in [-0.15, -0.1) is 21.8 Å². The quantitative estimate of drug-likeness (QED) is 0.467. The SMILES string of the molecule is O=[N+]([O-])c1ccccc1-c1nnc(CCl)o1. The minimum Gasteiger partial charge on any atom is -0.419 e. The number of nitrogens with zero attached hydrogens (tertiary/aromatic N) is 3. The molecule has 0 saturated carbocycles. The Morgan fingerprint density at radius 2 is 2.12 bits per heavy atom. The third-order valence-corrected chi connectivity index (χ3v) is 2.14. The maximum Gasteiger partial charge on any atom is 0.282 e. The molecule has 0 bridgehead atoms. The van der Waals surface area contributed by atoms with Gasteiger partial charge in [-0.05, 0) is 6.07 Å². The molecule has 0 saturated heterocycles. The number of rotatable bonds is 3. The number of benzene rings is 1. The summed E-state index contributed by atoms with van der Waals surface area (Å²) in [5.74, 6) is 0.408. The molecule has 0 amide bonds. The van der Waals surface area contributed by atoms with Crippen LogP contribution in [0.1, 0.15) is 5.89 Å². The number of hydrogen-bond donors (Lipinski definition) is 0. The minimum absolute atomic E-state index is 0.0766. The van der Waals surface area contributed by atoms with E-state index in [2.05, 4.69) is 10.2 Å². The first-order valence-corrected chi connectivity index (χ1v) is 4.88. The van der Waals surface area contributed by atoms with Gasteiger partial charge in [0, 0.05) is 6.07 Å². The van der Waals surface area contributed by atoms with Crippen LogP contribution in [0.2, 0.25) is 0 Å². The fraction of sp³-hybridized carbons (Fsp3) is 0.111. The predicted molar refractivity (Wildman–Crippen MR) is 55.9 cm³/mol. The highest BCUT2D eigenvalue weighted by Crippen LogP contribution is 2.28. The number of alkyl halides is 1. The molecular weight excluding hydrogens is 234 g/mol. The maximum atomic E-state index is 10.8. The summed E-state index contributed by atoms with van der Waals surface area (Å²) in [5.41, 5.74) is 0.212. The van der Waals surface area contributed by atoms with E-state index in [1.165, 1.54) is 6.07 Å². The molecule has 82 valence electrons. The summed E-state index contributed by atoms with van der Waals surface area (Å²) < 4.78 is 5.15. The highest BCUT2D eigenvalue weighted by molar-refractivity contribution is 6.16. The largest absolute Gasteiger partial charge is 0.419 e. The Morgan fingerprint density at radius 3 is 2.75 bits per heavy atom. The smallest absolute Gasteiger partial charge is 0.282 e. The van der Waals surface area contributed by atoms with E-state index in [1.54, 1.807) is 18.2 Å². The van der Waals surface area contributed by atoms with E-state index in [4.69, 9.17) is 16.0 Å². The monoisotopic (exact) mass is 239 g/mol. The molecular formula is C9H6ClN3O3. The molecule has 0 unspecified atom stereocenters. The standard InChI is InChI=1S/C9H6ClN3O3/c10-5-8-11-12-9(16-8)6-3-1-2-4-7(6)13(14)15/h1-4H,5H2. The van der Waals surface area contributed by atoms with Gasteiger partial charge in [0.1, 0.15) is 11.4 Å². The topological polar surface area (TPSA) is 82.1 Å². The third-order valence-electron chi connectivity index (χ3n) is 1.91. The number of nitro benzene ring substituents is 1. The predicted octanol–water partition coefficient (Wildman–Crippen LogP) is 2.38. The van der Waals surface area contributed by atoms with Crippen LogP contribution < -0.4 is 0 Å². The van der Waals surface area contributed by atoms with Crippen molar-refractivity contribution < 1.29 is 9.34 Å². The first kappa shape index (κ1) is 10.6. The van der Waals surface area contributed by atoms with Crippen molar-refractivity contribution in [1.29, 1.82) is 0 Å². The lowest BCUT2D eigenvalue weighted by Crippen LogP contribution is -1.91. The molecule has 0 fully saturated rings. The van der Waals surface area contributed by atoms with Gasteiger partial charge in [0.25, 0.3) is 11.6 Å². The third kappa shape index (κ3) is 1.87. The van der Waals surface area contributed by atoms with E-state index in [-0.39, 0.29) is 28.9 Å². The van der Waals surface area contributed by atoms with Gasteiger partial charge >= 0.3 is 0 Å². The van der Waals surface area contributed by atoms with Gasteiger partial charge in [0.05, 0.1) is 4.92 Å². The van der Waals surface area contributed by atoms with Crippen LogP contribution in [0, 0.1) is 10.1 Å². The number of aromatic nitrogens is 2. The molecule has 0 spiro atoms. The summed E-state index contributed by atoms with van der Waals surface area (Å²) in [6.07, 6.45) is 0. The molecule has 0 aliphatic heterocycles. The van der Waals surface area contributed by atoms with Gasteiger partial charge in [0.2, 0.25) is 5.89 Å². The minimum atomic E-state index is -0.500. The van der Waals surface area contributed by atoms with Crippen molar-refractivity contribution in [3.8, 4) is 11.5 Å². The van der Waals surface area contributed by atoms with Gasteiger partial charge in [-0.2, -0.15) is 0 Å². The zero-order valence-corrected chi connectivity index (χ0v) is 8.72. The van der Waals surface area contributed by atoms with Crippen molar-refractivity contribution in [3.63, 3.8) is 0 Å². The van der Waals surface area contributed by atoms with E-state index < -0.39 is 4.92 Å². The lowest BCUT2D eigenvalue weighted by Gasteiger charge is -1.96. The second kappa shape index (κ2) is 4.28. The Labute approximate surface area is 95.0 Å². The van der Waals surface area contributed by atoms with Crippen LogP contribution in [0.25, 0.3) is 11.5 Å². The van der Waals surface area contributed by atoms with Crippen LogP contribution in [0.3, 0.4) is 0 Å². The van der Waals surface area contributed by atoms with Crippen LogP contribution in [-0.4, -0.2) is 15.1 Å². The Kier molecular flexibility index (Phi) is 2.82. The maximum absolute atomic E-state index is 10.8. The summed E-state index contributed by atoms with van der Waals surface area (Å²) in [6, 6.07) is 6.15. The molecule has 1 heterocycles. The van der Waals surface area contributed by atoms with Crippen molar-refractivity contribution in [2.75, 3.05) is 0 Å². The average Bonchev–Trinajstić information content (AvgIpc) is 2.77. The summed E-state index contributed by atoms with van der Waals surface area (Å²) >= 11 is 5.50. The summed E-state index contributed by atoms with van der Waals surface area (Å²) in [7, 11) is 0. The summed E-state index contributed by atoms with van der Waals surface area (Å²) in [4.78, 5) is 10.3. The molecule has 16 heavy (non-hydrogen) atoms. The summed E-state index contributed by atoms with van der Waals surface area (Å²) in [5, 5.41) is 18.1. The summed E-state index contributed by atoms with van der Waals surface area (Å²) in [6.45, 7) is 0. The van der Waals surface area contributed by atoms with Crippen molar-refractivity contribution in [3.05, 3.63) is 40.3 Å². The Balaban J connectivity index is 2.50. The molecule has 1 aromatic heterocycles. The number of para-hydroxylation sites is 1. The van der Waals surface area contributed by atoms with Gasteiger partial charge in [0.15, 0.2) is 0 Å². The fourth-order valence-electron chi connectivity index (χ4n) is 1.23. The Morgan fingerprint density at radius 1 is 1.38 bits per heavy atom. The second-order valence-electron chi connectivity index (χ2n) is 2.91. The van der Waals surface area contributed by atoms with Gasteiger partial charge in [-0.1, -0.05) is 12.1 Å². The number of nitro groups is 1. The molecule has 0 radical (unpaired) electrons. The fourth-order valence-corrected chi connectivity index (χ4v) is 1.34. The zero-order valence-electron chi connectivity index (χ0n) is 7.96. The normalized spacial score (nSPS) is 10.3. The second-order valence-corrected chi connectivity index (χ2v) is 3.18. The van der Waals surface area contributed by atoms with E-state index in [0.717, 1.165) is 0 Å². The van der Waals surface area contributed by atoms with Gasteiger partial charge in [-0.3, -0.25) is 10.1 Å². The van der Waals surface area contributed by atoms with Crippen LogP contribution in [0.5, 0.6) is 0 Å². The molecule has 0 atom stereocenters. The highest BCUT2D eigenvalue weighted by Gasteiger charge is 2.18. The molecule has 1 aromatic carbocycles. The first-order valence-electron chi connectivity index (χ1n) is 4.34. The average molecular weight is 240 g/mol. The van der Waals surface area contributed by atoms with Gasteiger partial charge < -0.3 is 4.42 Å². The number of hydrogen-bond acceptors (Lipinski definition) is 5. The lowest BCUT2D eigenvalue weighted by molar-refractivity contribution is -0.384. The van der Waals surface area contributed by atoms with Crippen molar-refractivity contribution in [1.82, 2.24) is 10.2 Å². The lowest BCUT2D eigenvalue weighted by atomic mass is 10.2. The molecule has 2 aromatic rings. The van der Waals surface area contributed by atoms with E-state index >= 15 is 0 Å². The van der Waals surface area contributed by atoms with Crippen LogP contribution in [-0.2, 0) is 5.88 Å². The zero-order chi connectivity index (χ0) is 11.5. The molecule has 7 heteroatoms.